The van der Waals surface area contributed by atoms with E-state index in [1.54, 1.807) is 7.11 Å². The summed E-state index contributed by atoms with van der Waals surface area (Å²) in [5.41, 5.74) is 1.19. The molecule has 6 heteroatoms. The number of guanidine groups is 1. The molecule has 1 aromatic carbocycles. The number of hydrogen-bond acceptors (Lipinski definition) is 3. The SMILES string of the molecule is CN=C(NCc1ccc(Cl)cc1)N1CCC(OCCCOC)CC1. The molecule has 2 rings (SSSR count). The maximum absolute atomic E-state index is 5.92. The van der Waals surface area contributed by atoms with Gasteiger partial charge in [0.1, 0.15) is 0 Å². The molecule has 0 atom stereocenters. The molecule has 0 spiro atoms. The number of aliphatic imine (C=N–C) groups is 1. The summed E-state index contributed by atoms with van der Waals surface area (Å²) < 4.78 is 11.0. The Morgan fingerprint density at radius 3 is 2.58 bits per heavy atom. The predicted octanol–water partition coefficient (Wildman–Crippen LogP) is 2.93. The summed E-state index contributed by atoms with van der Waals surface area (Å²) in [5.74, 6) is 0.947. The maximum atomic E-state index is 5.92. The summed E-state index contributed by atoms with van der Waals surface area (Å²) in [6.45, 7) is 4.23. The summed E-state index contributed by atoms with van der Waals surface area (Å²) in [6.07, 6.45) is 3.39. The van der Waals surface area contributed by atoms with Crippen LogP contribution in [0.25, 0.3) is 0 Å². The Morgan fingerprint density at radius 1 is 1.25 bits per heavy atom. The van der Waals surface area contributed by atoms with Crippen molar-refractivity contribution in [1.82, 2.24) is 10.2 Å². The van der Waals surface area contributed by atoms with E-state index in [1.807, 2.05) is 31.3 Å². The summed E-state index contributed by atoms with van der Waals surface area (Å²) in [7, 11) is 3.55. The average molecular weight is 354 g/mol. The van der Waals surface area contributed by atoms with Crippen molar-refractivity contribution in [2.75, 3.05) is 40.5 Å². The summed E-state index contributed by atoms with van der Waals surface area (Å²) in [6, 6.07) is 7.88. The van der Waals surface area contributed by atoms with Crippen LogP contribution >= 0.6 is 11.6 Å². The zero-order valence-corrected chi connectivity index (χ0v) is 15.4. The normalized spacial score (nSPS) is 16.5. The number of halogens is 1. The molecule has 0 unspecified atom stereocenters. The van der Waals surface area contributed by atoms with Crippen LogP contribution in [0.4, 0.5) is 0 Å². The first-order valence-corrected chi connectivity index (χ1v) is 8.91. The van der Waals surface area contributed by atoms with Gasteiger partial charge in [0.25, 0.3) is 0 Å². The fourth-order valence-electron chi connectivity index (χ4n) is 2.80. The number of benzene rings is 1. The standard InChI is InChI=1S/C18H28ClN3O2/c1-20-18(21-14-15-4-6-16(19)7-5-15)22-10-8-17(9-11-22)24-13-3-12-23-2/h4-7,17H,3,8-14H2,1-2H3,(H,20,21). The van der Waals surface area contributed by atoms with Crippen molar-refractivity contribution in [3.63, 3.8) is 0 Å². The lowest BCUT2D eigenvalue weighted by Gasteiger charge is -2.34. The molecule has 134 valence electrons. The average Bonchev–Trinajstić information content (AvgIpc) is 2.62. The van der Waals surface area contributed by atoms with E-state index >= 15 is 0 Å². The second kappa shape index (κ2) is 10.5. The predicted molar refractivity (Wildman–Crippen MR) is 98.7 cm³/mol. The summed E-state index contributed by atoms with van der Waals surface area (Å²) in [4.78, 5) is 6.70. The van der Waals surface area contributed by atoms with E-state index < -0.39 is 0 Å². The lowest BCUT2D eigenvalue weighted by atomic mass is 10.1. The van der Waals surface area contributed by atoms with Gasteiger partial charge >= 0.3 is 0 Å². The molecule has 1 aliphatic heterocycles. The number of methoxy groups -OCH3 is 1. The molecular formula is C18H28ClN3O2. The van der Waals surface area contributed by atoms with E-state index in [1.165, 1.54) is 5.56 Å². The van der Waals surface area contributed by atoms with Crippen LogP contribution in [0.5, 0.6) is 0 Å². The molecule has 0 aromatic heterocycles. The van der Waals surface area contributed by atoms with Crippen molar-refractivity contribution in [3.8, 4) is 0 Å². The molecule has 0 aliphatic carbocycles. The van der Waals surface area contributed by atoms with Gasteiger partial charge in [-0.2, -0.15) is 0 Å². The quantitative estimate of drug-likeness (QED) is 0.465. The van der Waals surface area contributed by atoms with E-state index in [9.17, 15) is 0 Å². The van der Waals surface area contributed by atoms with Crippen LogP contribution in [0, 0.1) is 0 Å². The third kappa shape index (κ3) is 6.30. The fraction of sp³-hybridized carbons (Fsp3) is 0.611. The molecule has 5 nitrogen and oxygen atoms in total. The number of nitrogens with one attached hydrogen (secondary N) is 1. The zero-order chi connectivity index (χ0) is 17.2. The number of ether oxygens (including phenoxy) is 2. The van der Waals surface area contributed by atoms with Gasteiger partial charge in [0.05, 0.1) is 6.10 Å². The minimum atomic E-state index is 0.354. The van der Waals surface area contributed by atoms with Gasteiger partial charge in [-0.05, 0) is 37.0 Å². The highest BCUT2D eigenvalue weighted by Crippen LogP contribution is 2.14. The molecule has 0 amide bonds. The molecule has 1 N–H and O–H groups in total. The first kappa shape index (κ1) is 19.0. The number of likely N-dealkylation sites (tertiary alicyclic amines) is 1. The van der Waals surface area contributed by atoms with E-state index in [0.717, 1.165) is 63.1 Å². The van der Waals surface area contributed by atoms with Crippen molar-refractivity contribution in [1.29, 1.82) is 0 Å². The van der Waals surface area contributed by atoms with Crippen LogP contribution in [0.2, 0.25) is 5.02 Å². The number of rotatable bonds is 7. The van der Waals surface area contributed by atoms with Crippen molar-refractivity contribution < 1.29 is 9.47 Å². The van der Waals surface area contributed by atoms with Crippen molar-refractivity contribution >= 4 is 17.6 Å². The van der Waals surface area contributed by atoms with Crippen molar-refractivity contribution in [3.05, 3.63) is 34.9 Å². The molecule has 24 heavy (non-hydrogen) atoms. The Balaban J connectivity index is 1.71. The molecule has 1 aliphatic rings. The Bertz CT molecular complexity index is 499. The van der Waals surface area contributed by atoms with E-state index in [0.29, 0.717) is 6.10 Å². The second-order valence-corrected chi connectivity index (χ2v) is 6.37. The Morgan fingerprint density at radius 2 is 1.96 bits per heavy atom. The van der Waals surface area contributed by atoms with E-state index in [2.05, 4.69) is 15.2 Å². The Labute approximate surface area is 150 Å². The molecule has 0 bridgehead atoms. The summed E-state index contributed by atoms with van der Waals surface area (Å²) >= 11 is 5.92. The monoisotopic (exact) mass is 353 g/mol. The molecule has 0 radical (unpaired) electrons. The lowest BCUT2D eigenvalue weighted by Crippen LogP contribution is -2.46. The largest absolute Gasteiger partial charge is 0.385 e. The molecular weight excluding hydrogens is 326 g/mol. The van der Waals surface area contributed by atoms with Gasteiger partial charge in [0.2, 0.25) is 0 Å². The highest BCUT2D eigenvalue weighted by molar-refractivity contribution is 6.30. The van der Waals surface area contributed by atoms with Crippen LogP contribution < -0.4 is 5.32 Å². The van der Waals surface area contributed by atoms with Gasteiger partial charge in [0, 0.05) is 52.0 Å². The van der Waals surface area contributed by atoms with Gasteiger partial charge < -0.3 is 19.7 Å². The van der Waals surface area contributed by atoms with Crippen molar-refractivity contribution in [2.45, 2.75) is 31.9 Å². The minimum Gasteiger partial charge on any atom is -0.385 e. The topological polar surface area (TPSA) is 46.1 Å². The molecule has 0 saturated carbocycles. The Hall–Kier alpha value is -1.30. The van der Waals surface area contributed by atoms with Gasteiger partial charge in [-0.3, -0.25) is 4.99 Å². The molecule has 1 aromatic rings. The zero-order valence-electron chi connectivity index (χ0n) is 14.6. The summed E-state index contributed by atoms with van der Waals surface area (Å²) in [5, 5.41) is 4.19. The first-order valence-electron chi connectivity index (χ1n) is 8.53. The number of hydrogen-bond donors (Lipinski definition) is 1. The second-order valence-electron chi connectivity index (χ2n) is 5.93. The molecule has 1 heterocycles. The lowest BCUT2D eigenvalue weighted by molar-refractivity contribution is 0.00990. The Kier molecular flexibility index (Phi) is 8.36. The third-order valence-electron chi connectivity index (χ3n) is 4.16. The highest BCUT2D eigenvalue weighted by Gasteiger charge is 2.21. The molecule has 1 fully saturated rings. The fourth-order valence-corrected chi connectivity index (χ4v) is 2.93. The molecule has 1 saturated heterocycles. The van der Waals surface area contributed by atoms with Gasteiger partial charge in [0.15, 0.2) is 5.96 Å². The highest BCUT2D eigenvalue weighted by atomic mass is 35.5. The van der Waals surface area contributed by atoms with E-state index in [-0.39, 0.29) is 0 Å². The van der Waals surface area contributed by atoms with Crippen molar-refractivity contribution in [2.24, 2.45) is 4.99 Å². The number of nitrogens with zero attached hydrogens (tertiary/aromatic N) is 2. The third-order valence-corrected chi connectivity index (χ3v) is 4.42. The van der Waals surface area contributed by atoms with Crippen LogP contribution in [0.15, 0.2) is 29.3 Å². The van der Waals surface area contributed by atoms with Gasteiger partial charge in [-0.1, -0.05) is 23.7 Å². The minimum absolute atomic E-state index is 0.354. The van der Waals surface area contributed by atoms with Gasteiger partial charge in [-0.25, -0.2) is 0 Å². The first-order chi connectivity index (χ1) is 11.7. The van der Waals surface area contributed by atoms with E-state index in [4.69, 9.17) is 21.1 Å². The van der Waals surface area contributed by atoms with Gasteiger partial charge in [-0.15, -0.1) is 0 Å². The van der Waals surface area contributed by atoms with Crippen LogP contribution in [-0.2, 0) is 16.0 Å². The van der Waals surface area contributed by atoms with Crippen LogP contribution in [-0.4, -0.2) is 57.4 Å². The maximum Gasteiger partial charge on any atom is 0.193 e. The van der Waals surface area contributed by atoms with Crippen LogP contribution in [0.1, 0.15) is 24.8 Å². The smallest absolute Gasteiger partial charge is 0.193 e. The number of piperidine rings is 1. The van der Waals surface area contributed by atoms with Crippen LogP contribution in [0.3, 0.4) is 0 Å².